The molecular formula is C37H40F4N4O2S. The van der Waals surface area contributed by atoms with Crippen LogP contribution in [0.5, 0.6) is 0 Å². The predicted octanol–water partition coefficient (Wildman–Crippen LogP) is 7.53. The second-order valence-corrected chi connectivity index (χ2v) is 10.3. The predicted molar refractivity (Wildman–Crippen MR) is 181 cm³/mol. The maximum Gasteiger partial charge on any atom is 0.416 e. The number of likely N-dealkylation sites (N-methyl/N-ethyl adjacent to an activating group) is 1. The molecule has 0 unspecified atom stereocenters. The molecule has 0 radical (unpaired) electrons. The molecule has 0 atom stereocenters. The number of carbonyl (C=O) groups excluding carboxylic acids is 1. The number of alkyl halides is 3. The van der Waals surface area contributed by atoms with Gasteiger partial charge in [-0.25, -0.2) is 4.39 Å². The third-order valence-electron chi connectivity index (χ3n) is 6.15. The van der Waals surface area contributed by atoms with Crippen LogP contribution in [0.15, 0.2) is 76.4 Å². The van der Waals surface area contributed by atoms with Crippen molar-refractivity contribution in [3.8, 4) is 11.1 Å². The maximum absolute atomic E-state index is 15.3. The van der Waals surface area contributed by atoms with Crippen molar-refractivity contribution < 1.29 is 59.4 Å². The Morgan fingerprint density at radius 1 is 1.00 bits per heavy atom. The topological polar surface area (TPSA) is 58.4 Å². The Hall–Kier alpha value is -3.96. The normalized spacial score (nSPS) is 25.6. The minimum absolute atomic E-state index is 0.0853. The average molecular weight is 708 g/mol. The number of hydrogen-bond donors (Lipinski definition) is 0. The Morgan fingerprint density at radius 3 is 2.33 bits per heavy atom. The molecule has 0 saturated heterocycles. The van der Waals surface area contributed by atoms with E-state index in [1.54, 1.807) is 0 Å². The zero-order valence-corrected chi connectivity index (χ0v) is 25.8. The molecule has 48 heavy (non-hydrogen) atoms. The van der Waals surface area contributed by atoms with Crippen molar-refractivity contribution in [1.29, 1.82) is 0 Å². The highest BCUT2D eigenvalue weighted by Gasteiger charge is 2.32. The Kier molecular flexibility index (Phi) is 4.68. The molecule has 0 fully saturated rings. The average Bonchev–Trinajstić information content (AvgIpc) is 3.34. The molecule has 0 spiro atoms. The molecule has 1 heterocycles. The summed E-state index contributed by atoms with van der Waals surface area (Å²) in [5, 5.41) is -1.07. The summed E-state index contributed by atoms with van der Waals surface area (Å²) in [5.41, 5.74) is -12.2. The van der Waals surface area contributed by atoms with Gasteiger partial charge >= 0.3 is 6.18 Å². The number of nitrogens with zero attached hydrogens (tertiary/aromatic N) is 4. The van der Waals surface area contributed by atoms with Crippen LogP contribution >= 0.6 is 11.8 Å². The summed E-state index contributed by atoms with van der Waals surface area (Å²) in [6, 6.07) is -15.3. The van der Waals surface area contributed by atoms with Crippen LogP contribution in [0.2, 0.25) is 0 Å². The van der Waals surface area contributed by atoms with E-state index in [0.717, 1.165) is 0 Å². The SMILES string of the molecule is [2H]c1c([2H])c(CSc2nc(=O)c3c(n2CC(=O)N(C([2H])([2H])c2c([2H])c([2H])c(-c4c([2H])c([2H])c(C(F)(F)F)c(C)c4[2H])c([2H])c2[2H])C([2H])([2H])C([2H])([2H])N(C([2H])([2H])C)C([2H])([2H])C)C([2H])([2H])C([2H])([2H])C3([2H])[2H])c([2H])c([2H])c1F. The molecule has 1 aliphatic rings. The van der Waals surface area contributed by atoms with Crippen LogP contribution in [0.1, 0.15) is 90.7 Å². The monoisotopic (exact) mass is 707 g/mol. The van der Waals surface area contributed by atoms with Crippen molar-refractivity contribution in [2.45, 2.75) is 70.0 Å². The highest BCUT2D eigenvalue weighted by atomic mass is 32.2. The van der Waals surface area contributed by atoms with Crippen molar-refractivity contribution in [3.05, 3.63) is 116 Å². The van der Waals surface area contributed by atoms with Gasteiger partial charge in [-0.1, -0.05) is 73.9 Å². The van der Waals surface area contributed by atoms with E-state index in [9.17, 15) is 27.8 Å². The van der Waals surface area contributed by atoms with Gasteiger partial charge in [-0.15, -0.1) is 0 Å². The highest BCUT2D eigenvalue weighted by molar-refractivity contribution is 7.98. The molecule has 0 aliphatic heterocycles. The van der Waals surface area contributed by atoms with Crippen LogP contribution < -0.4 is 5.56 Å². The van der Waals surface area contributed by atoms with E-state index in [2.05, 4.69) is 4.98 Å². The third-order valence-corrected chi connectivity index (χ3v) is 7.16. The summed E-state index contributed by atoms with van der Waals surface area (Å²) < 4.78 is 290. The molecule has 4 aromatic rings. The fourth-order valence-corrected chi connectivity index (χ4v) is 4.79. The lowest BCUT2D eigenvalue weighted by molar-refractivity contribution is -0.138. The van der Waals surface area contributed by atoms with Gasteiger partial charge in [-0.2, -0.15) is 18.2 Å². The lowest BCUT2D eigenvalue weighted by atomic mass is 9.98. The standard InChI is InChI=1S/C37H40F4N4O2S/c1-4-43(5-2)19-20-44(22-26-9-13-28(14-10-26)29-15-18-32(25(3)21-29)37(39,40)41)34(46)23-45-33-8-6-7-31(33)35(47)42-36(45)48-24-27-11-16-30(38)17-12-27/h9-18,21H,4-8,19-20,22-24H2,1-3H3/i4D2,5D2,6D2,7D2,8D2,9D,10D,11D,12D,13D,14D,15D,16D,17D,18D,19D2,20D2,21D,22D2. The first-order chi connectivity index (χ1) is 33.5. The number of halogens is 4. The van der Waals surface area contributed by atoms with Gasteiger partial charge in [0.2, 0.25) is 5.91 Å². The van der Waals surface area contributed by atoms with E-state index < -0.39 is 213 Å². The maximum atomic E-state index is 15.3. The summed E-state index contributed by atoms with van der Waals surface area (Å²) in [5.74, 6) is -4.86. The number of rotatable bonds is 13. The molecule has 1 aliphatic carbocycles. The molecular weight excluding hydrogens is 640 g/mol. The number of amides is 1. The first kappa shape index (κ1) is 14.5. The van der Waals surface area contributed by atoms with E-state index in [4.69, 9.17) is 31.5 Å². The summed E-state index contributed by atoms with van der Waals surface area (Å²) in [7, 11) is 0. The molecule has 5 rings (SSSR count). The van der Waals surface area contributed by atoms with Gasteiger partial charge in [0, 0.05) is 52.9 Å². The second kappa shape index (κ2) is 15.5. The van der Waals surface area contributed by atoms with E-state index in [-0.39, 0.29) is 16.3 Å². The number of benzene rings is 3. The molecule has 0 bridgehead atoms. The number of carbonyl (C=O) groups is 1. The van der Waals surface area contributed by atoms with Gasteiger partial charge in [0.15, 0.2) is 5.16 Å². The summed E-state index contributed by atoms with van der Waals surface area (Å²) >= 11 is 0.0853. The van der Waals surface area contributed by atoms with Gasteiger partial charge < -0.3 is 14.4 Å². The quantitative estimate of drug-likeness (QED) is 0.0818. The van der Waals surface area contributed by atoms with Crippen LogP contribution in [0.25, 0.3) is 11.1 Å². The zero-order chi connectivity index (χ0) is 58.3. The Labute approximate surface area is 320 Å². The molecule has 6 nitrogen and oxygen atoms in total. The van der Waals surface area contributed by atoms with Gasteiger partial charge in [-0.3, -0.25) is 9.59 Å². The lowest BCUT2D eigenvalue weighted by Gasteiger charge is -2.28. The summed E-state index contributed by atoms with van der Waals surface area (Å²) in [6.07, 6.45) is -16.6. The van der Waals surface area contributed by atoms with E-state index >= 15 is 4.79 Å². The minimum Gasteiger partial charge on any atom is -0.336 e. The van der Waals surface area contributed by atoms with Crippen LogP contribution in [0, 0.1) is 12.7 Å². The smallest absolute Gasteiger partial charge is 0.336 e. The van der Waals surface area contributed by atoms with E-state index in [0.29, 0.717) is 20.8 Å². The van der Waals surface area contributed by atoms with E-state index in [1.807, 2.05) is 0 Å². The molecule has 1 amide bonds. The molecule has 254 valence electrons. The largest absolute Gasteiger partial charge is 0.416 e. The van der Waals surface area contributed by atoms with Gasteiger partial charge in [-0.05, 0) is 85.0 Å². The number of hydrogen-bond acceptors (Lipinski definition) is 5. The van der Waals surface area contributed by atoms with Crippen molar-refractivity contribution in [2.24, 2.45) is 0 Å². The van der Waals surface area contributed by atoms with Crippen molar-refractivity contribution in [2.75, 3.05) is 26.0 Å². The second-order valence-electron chi connectivity index (χ2n) is 9.31. The molecule has 0 saturated carbocycles. The van der Waals surface area contributed by atoms with Crippen LogP contribution in [0.4, 0.5) is 17.6 Å². The highest BCUT2D eigenvalue weighted by Crippen LogP contribution is 2.34. The van der Waals surface area contributed by atoms with Crippen molar-refractivity contribution in [3.63, 3.8) is 0 Å². The van der Waals surface area contributed by atoms with Gasteiger partial charge in [0.05, 0.1) is 26.1 Å². The molecule has 11 heteroatoms. The first-order valence-corrected chi connectivity index (χ1v) is 14.4. The number of aromatic nitrogens is 2. The molecule has 0 N–H and O–H groups in total. The lowest BCUT2D eigenvalue weighted by Crippen LogP contribution is -2.40. The molecule has 3 aromatic carbocycles. The van der Waals surface area contributed by atoms with Crippen molar-refractivity contribution in [1.82, 2.24) is 19.4 Å². The van der Waals surface area contributed by atoms with Crippen molar-refractivity contribution >= 4 is 17.7 Å². The zero-order valence-electron chi connectivity index (χ0n) is 51.9. The van der Waals surface area contributed by atoms with Gasteiger partial charge in [0.25, 0.3) is 5.56 Å². The van der Waals surface area contributed by atoms with E-state index in [1.165, 1.54) is 0 Å². The minimum atomic E-state index is -5.34. The van der Waals surface area contributed by atoms with Crippen LogP contribution in [-0.4, -0.2) is 51.2 Å². The Balaban J connectivity index is 1.92. The Morgan fingerprint density at radius 2 is 1.67 bits per heavy atom. The first-order valence-electron chi connectivity index (χ1n) is 26.9. The van der Waals surface area contributed by atoms with Crippen LogP contribution in [-0.2, 0) is 42.5 Å². The number of thioether (sulfide) groups is 1. The fraction of sp³-hybridized carbons (Fsp3) is 0.378. The Bertz CT molecular complexity index is 3020. The van der Waals surface area contributed by atoms with Gasteiger partial charge in [0.1, 0.15) is 12.4 Å². The van der Waals surface area contributed by atoms with Crippen LogP contribution in [0.3, 0.4) is 0 Å². The third kappa shape index (κ3) is 8.54. The summed E-state index contributed by atoms with van der Waals surface area (Å²) in [6.45, 7) is -20.5. The molecule has 1 aromatic heterocycles. The fourth-order valence-electron chi connectivity index (χ4n) is 3.92. The number of fused-ring (bicyclic) bond motifs is 1. The summed E-state index contributed by atoms with van der Waals surface area (Å²) in [4.78, 5) is 31.3.